The lowest BCUT2D eigenvalue weighted by Crippen LogP contribution is -2.36. The molecule has 3 heterocycles. The van der Waals surface area contributed by atoms with Gasteiger partial charge >= 0.3 is 6.03 Å². The van der Waals surface area contributed by atoms with Crippen LogP contribution < -0.4 is 20.7 Å². The number of nitrogens with one attached hydrogen (secondary N) is 1. The molecule has 3 atom stereocenters. The molecule has 31 heavy (non-hydrogen) atoms. The van der Waals surface area contributed by atoms with Crippen LogP contribution in [0, 0.1) is 5.92 Å². The van der Waals surface area contributed by atoms with Crippen molar-refractivity contribution in [3.8, 4) is 5.75 Å². The largest absolute Gasteiger partial charge is 0.484 e. The summed E-state index contributed by atoms with van der Waals surface area (Å²) in [5, 5.41) is 20.9. The first kappa shape index (κ1) is 19.6. The molecule has 1 aliphatic heterocycles. The van der Waals surface area contributed by atoms with Crippen molar-refractivity contribution in [2.24, 2.45) is 11.7 Å². The van der Waals surface area contributed by atoms with Crippen molar-refractivity contribution in [2.75, 3.05) is 24.6 Å². The number of ether oxygens (including phenoxy) is 1. The number of aliphatic hydroxyl groups is 1. The van der Waals surface area contributed by atoms with E-state index in [4.69, 9.17) is 10.5 Å². The fourth-order valence-electron chi connectivity index (χ4n) is 4.67. The minimum absolute atomic E-state index is 0.102. The van der Waals surface area contributed by atoms with Crippen molar-refractivity contribution in [3.05, 3.63) is 53.7 Å². The summed E-state index contributed by atoms with van der Waals surface area (Å²) in [6.45, 7) is 1.81. The number of hydrogen-bond donors (Lipinski definition) is 3. The van der Waals surface area contributed by atoms with Gasteiger partial charge in [-0.3, -0.25) is 4.40 Å². The zero-order valence-corrected chi connectivity index (χ0v) is 17.1. The van der Waals surface area contributed by atoms with E-state index in [1.165, 1.54) is 0 Å². The number of nitrogens with zero attached hydrogens (tertiary/aromatic N) is 4. The number of nitrogens with two attached hydrogens (primary N) is 1. The van der Waals surface area contributed by atoms with E-state index >= 15 is 0 Å². The molecule has 162 valence electrons. The fraction of sp³-hybridized carbons (Fsp3) is 0.409. The van der Waals surface area contributed by atoms with Crippen LogP contribution in [0.15, 0.2) is 42.6 Å². The van der Waals surface area contributed by atoms with Gasteiger partial charge < -0.3 is 25.8 Å². The maximum atomic E-state index is 11.4. The number of amides is 2. The maximum absolute atomic E-state index is 11.4. The van der Waals surface area contributed by atoms with Crippen LogP contribution in [0.25, 0.3) is 5.65 Å². The predicted molar refractivity (Wildman–Crippen MR) is 115 cm³/mol. The van der Waals surface area contributed by atoms with Gasteiger partial charge in [-0.25, -0.2) is 4.79 Å². The molecule has 2 aromatic heterocycles. The van der Waals surface area contributed by atoms with E-state index in [1.807, 2.05) is 47.0 Å². The Morgan fingerprint density at radius 1 is 1.16 bits per heavy atom. The van der Waals surface area contributed by atoms with E-state index in [-0.39, 0.29) is 24.7 Å². The van der Waals surface area contributed by atoms with Crippen molar-refractivity contribution in [3.63, 3.8) is 0 Å². The number of rotatable bonds is 5. The van der Waals surface area contributed by atoms with Gasteiger partial charge in [0.2, 0.25) is 5.95 Å². The van der Waals surface area contributed by atoms with Gasteiger partial charge in [0, 0.05) is 25.6 Å². The normalized spacial score (nSPS) is 23.0. The average molecular weight is 422 g/mol. The van der Waals surface area contributed by atoms with Crippen molar-refractivity contribution in [1.82, 2.24) is 19.9 Å². The van der Waals surface area contributed by atoms with Crippen LogP contribution >= 0.6 is 0 Å². The number of urea groups is 1. The summed E-state index contributed by atoms with van der Waals surface area (Å²) in [6.07, 6.45) is 4.26. The highest BCUT2D eigenvalue weighted by molar-refractivity contribution is 5.72. The van der Waals surface area contributed by atoms with E-state index < -0.39 is 6.03 Å². The molecule has 1 saturated heterocycles. The number of carbonyl (C=O) groups excluding carboxylic acids is 1. The van der Waals surface area contributed by atoms with Crippen LogP contribution in [0.2, 0.25) is 0 Å². The second kappa shape index (κ2) is 8.07. The molecule has 9 heteroatoms. The second-order valence-corrected chi connectivity index (χ2v) is 8.25. The lowest BCUT2D eigenvalue weighted by molar-refractivity contribution is 0.171. The standard InChI is InChI=1S/C22H26N6O3/c23-21(30)24-18-6-7-19(17-4-2-1-3-16(17)18)31-15-5-8-20-25-26-22(28(20)12-15)27-10-9-14(11-27)13-29/h1-5,8,12,14,18-19,29H,6-7,9-11,13H2,(H3,23,24,30)/t14-,18+,19-/m1/s1. The van der Waals surface area contributed by atoms with Gasteiger partial charge in [-0.1, -0.05) is 24.3 Å². The minimum Gasteiger partial charge on any atom is -0.484 e. The van der Waals surface area contributed by atoms with Gasteiger partial charge in [-0.2, -0.15) is 0 Å². The van der Waals surface area contributed by atoms with Crippen molar-refractivity contribution < 1.29 is 14.6 Å². The summed E-state index contributed by atoms with van der Waals surface area (Å²) < 4.78 is 8.34. The summed E-state index contributed by atoms with van der Waals surface area (Å²) in [4.78, 5) is 13.5. The summed E-state index contributed by atoms with van der Waals surface area (Å²) in [7, 11) is 0. The molecule has 4 N–H and O–H groups in total. The van der Waals surface area contributed by atoms with Gasteiger partial charge in [0.05, 0.1) is 12.2 Å². The van der Waals surface area contributed by atoms with Crippen LogP contribution in [0.5, 0.6) is 5.75 Å². The quantitative estimate of drug-likeness (QED) is 0.580. The molecule has 0 spiro atoms. The van der Waals surface area contributed by atoms with Crippen molar-refractivity contribution in [2.45, 2.75) is 31.4 Å². The number of fused-ring (bicyclic) bond motifs is 2. The fourth-order valence-corrected chi connectivity index (χ4v) is 4.67. The van der Waals surface area contributed by atoms with E-state index in [0.29, 0.717) is 0 Å². The Kier molecular flexibility index (Phi) is 5.11. The zero-order valence-electron chi connectivity index (χ0n) is 17.1. The van der Waals surface area contributed by atoms with Gasteiger partial charge in [0.25, 0.3) is 0 Å². The highest BCUT2D eigenvalue weighted by Crippen LogP contribution is 2.38. The number of primary amides is 1. The van der Waals surface area contributed by atoms with Crippen LogP contribution in [0.1, 0.15) is 42.5 Å². The lowest BCUT2D eigenvalue weighted by Gasteiger charge is -2.32. The highest BCUT2D eigenvalue weighted by Gasteiger charge is 2.29. The van der Waals surface area contributed by atoms with Crippen LogP contribution in [-0.4, -0.2) is 45.4 Å². The molecule has 0 radical (unpaired) electrons. The van der Waals surface area contributed by atoms with E-state index in [1.54, 1.807) is 0 Å². The summed E-state index contributed by atoms with van der Waals surface area (Å²) >= 11 is 0. The molecule has 2 aliphatic rings. The molecule has 3 aromatic rings. The Morgan fingerprint density at radius 2 is 2.00 bits per heavy atom. The highest BCUT2D eigenvalue weighted by atomic mass is 16.5. The number of anilines is 1. The van der Waals surface area contributed by atoms with Gasteiger partial charge in [-0.05, 0) is 42.5 Å². The average Bonchev–Trinajstić information content (AvgIpc) is 3.41. The molecule has 1 fully saturated rings. The number of aromatic nitrogens is 3. The SMILES string of the molecule is NC(=O)N[C@H]1CC[C@@H](Oc2ccc3nnc(N4CC[C@@H](CO)C4)n3c2)c2ccccc21. The summed E-state index contributed by atoms with van der Waals surface area (Å²) in [5.74, 6) is 1.77. The molecule has 0 bridgehead atoms. The topological polar surface area (TPSA) is 118 Å². The molecule has 9 nitrogen and oxygen atoms in total. The van der Waals surface area contributed by atoms with Gasteiger partial charge in [0.1, 0.15) is 11.9 Å². The number of carbonyl (C=O) groups is 1. The Labute approximate surface area is 179 Å². The van der Waals surface area contributed by atoms with Crippen LogP contribution in [-0.2, 0) is 0 Å². The molecule has 5 rings (SSSR count). The molecule has 1 aliphatic carbocycles. The minimum atomic E-state index is -0.518. The summed E-state index contributed by atoms with van der Waals surface area (Å²) in [6, 6.07) is 11.2. The van der Waals surface area contributed by atoms with Crippen LogP contribution in [0.4, 0.5) is 10.7 Å². The lowest BCUT2D eigenvalue weighted by atomic mass is 9.85. The molecule has 0 unspecified atom stereocenters. The monoisotopic (exact) mass is 422 g/mol. The van der Waals surface area contributed by atoms with Gasteiger partial charge in [-0.15, -0.1) is 10.2 Å². The number of pyridine rings is 1. The third-order valence-corrected chi connectivity index (χ3v) is 6.21. The molecule has 0 saturated carbocycles. The molecular formula is C22H26N6O3. The Balaban J connectivity index is 1.40. The van der Waals surface area contributed by atoms with E-state index in [2.05, 4.69) is 20.4 Å². The zero-order chi connectivity index (χ0) is 21.4. The van der Waals surface area contributed by atoms with Crippen molar-refractivity contribution >= 4 is 17.6 Å². The van der Waals surface area contributed by atoms with E-state index in [0.717, 1.165) is 60.8 Å². The second-order valence-electron chi connectivity index (χ2n) is 8.25. The molecule has 2 amide bonds. The smallest absolute Gasteiger partial charge is 0.312 e. The Morgan fingerprint density at radius 3 is 2.77 bits per heavy atom. The first-order chi connectivity index (χ1) is 15.1. The third-order valence-electron chi connectivity index (χ3n) is 6.21. The molecule has 1 aromatic carbocycles. The first-order valence-electron chi connectivity index (χ1n) is 10.6. The molecular weight excluding hydrogens is 396 g/mol. The van der Waals surface area contributed by atoms with E-state index in [9.17, 15) is 9.90 Å². The van der Waals surface area contributed by atoms with Crippen LogP contribution in [0.3, 0.4) is 0 Å². The maximum Gasteiger partial charge on any atom is 0.312 e. The number of aliphatic hydroxyl groups excluding tert-OH is 1. The first-order valence-corrected chi connectivity index (χ1v) is 10.6. The Hall–Kier alpha value is -3.33. The number of hydrogen-bond acceptors (Lipinski definition) is 6. The predicted octanol–water partition coefficient (Wildman–Crippen LogP) is 2.17. The number of benzene rings is 1. The Bertz CT molecular complexity index is 1100. The third kappa shape index (κ3) is 3.76. The summed E-state index contributed by atoms with van der Waals surface area (Å²) in [5.41, 5.74) is 8.20. The van der Waals surface area contributed by atoms with Crippen molar-refractivity contribution in [1.29, 1.82) is 0 Å². The van der Waals surface area contributed by atoms with Gasteiger partial charge in [0.15, 0.2) is 5.65 Å².